The van der Waals surface area contributed by atoms with Crippen molar-refractivity contribution >= 4 is 0 Å². The highest BCUT2D eigenvalue weighted by molar-refractivity contribution is 5.65. The molecule has 0 aliphatic carbocycles. The van der Waals surface area contributed by atoms with Crippen LogP contribution in [0.1, 0.15) is 11.1 Å². The molecular weight excluding hydrogens is 282 g/mol. The third-order valence-corrected chi connectivity index (χ3v) is 3.91. The van der Waals surface area contributed by atoms with E-state index in [1.54, 1.807) is 0 Å². The SMILES string of the molecule is Cc1cccc(Cn2ccc3nc(-c4ccccc4)nc-3c2)c1. The lowest BCUT2D eigenvalue weighted by Crippen LogP contribution is -2.01. The number of aryl methyl sites for hydroxylation is 1. The zero-order valence-electron chi connectivity index (χ0n) is 13.0. The van der Waals surface area contributed by atoms with Gasteiger partial charge in [0, 0.05) is 24.5 Å². The smallest absolute Gasteiger partial charge is 0.160 e. The lowest BCUT2D eigenvalue weighted by Gasteiger charge is -2.08. The Hall–Kier alpha value is -2.94. The fraction of sp³-hybridized carbons (Fsp3) is 0.100. The molecule has 2 aliphatic rings. The Kier molecular flexibility index (Phi) is 3.39. The first-order valence-electron chi connectivity index (χ1n) is 7.72. The number of fused-ring (bicyclic) bond motifs is 1. The highest BCUT2D eigenvalue weighted by Gasteiger charge is 2.12. The van der Waals surface area contributed by atoms with Gasteiger partial charge in [-0.1, -0.05) is 60.2 Å². The van der Waals surface area contributed by atoms with Gasteiger partial charge in [0.15, 0.2) is 5.82 Å². The molecule has 2 aromatic rings. The molecule has 0 N–H and O–H groups in total. The monoisotopic (exact) mass is 299 g/mol. The number of aromatic nitrogens is 3. The molecule has 0 radical (unpaired) electrons. The second kappa shape index (κ2) is 5.69. The molecule has 0 bridgehead atoms. The second-order valence-corrected chi connectivity index (χ2v) is 5.79. The van der Waals surface area contributed by atoms with Crippen LogP contribution in [0.5, 0.6) is 0 Å². The van der Waals surface area contributed by atoms with E-state index in [1.807, 2.05) is 36.4 Å². The summed E-state index contributed by atoms with van der Waals surface area (Å²) >= 11 is 0. The third-order valence-electron chi connectivity index (χ3n) is 3.91. The van der Waals surface area contributed by atoms with Crippen LogP contribution >= 0.6 is 0 Å². The van der Waals surface area contributed by atoms with Crippen molar-refractivity contribution in [1.82, 2.24) is 14.5 Å². The van der Waals surface area contributed by atoms with Crippen LogP contribution in [-0.4, -0.2) is 14.5 Å². The van der Waals surface area contributed by atoms with Gasteiger partial charge in [0.1, 0.15) is 5.69 Å². The van der Waals surface area contributed by atoms with Crippen molar-refractivity contribution in [2.75, 3.05) is 0 Å². The molecule has 3 nitrogen and oxygen atoms in total. The van der Waals surface area contributed by atoms with Crippen molar-refractivity contribution in [3.8, 4) is 22.8 Å². The Morgan fingerprint density at radius 1 is 0.870 bits per heavy atom. The van der Waals surface area contributed by atoms with Crippen LogP contribution in [-0.2, 0) is 6.54 Å². The summed E-state index contributed by atoms with van der Waals surface area (Å²) in [7, 11) is 0. The van der Waals surface area contributed by atoms with Crippen molar-refractivity contribution in [3.63, 3.8) is 0 Å². The van der Waals surface area contributed by atoms with E-state index in [2.05, 4.69) is 58.1 Å². The standard InChI is InChI=1S/C20H17N3/c1-15-6-5-7-16(12-15)13-23-11-10-18-19(14-23)22-20(21-18)17-8-3-2-4-9-17/h2-12,14H,13H2,1H3. The topological polar surface area (TPSA) is 30.7 Å². The number of pyridine rings is 1. The molecule has 3 heteroatoms. The summed E-state index contributed by atoms with van der Waals surface area (Å²) in [4.78, 5) is 9.29. The summed E-state index contributed by atoms with van der Waals surface area (Å²) in [6, 6.07) is 20.7. The van der Waals surface area contributed by atoms with Gasteiger partial charge in [-0.25, -0.2) is 9.97 Å². The zero-order chi connectivity index (χ0) is 15.6. The fourth-order valence-corrected chi connectivity index (χ4v) is 2.79. The quantitative estimate of drug-likeness (QED) is 0.561. The molecule has 0 saturated carbocycles. The Morgan fingerprint density at radius 3 is 2.52 bits per heavy atom. The van der Waals surface area contributed by atoms with E-state index in [9.17, 15) is 0 Å². The predicted molar refractivity (Wildman–Crippen MR) is 92.4 cm³/mol. The molecular formula is C20H17N3. The largest absolute Gasteiger partial charge is 0.348 e. The summed E-state index contributed by atoms with van der Waals surface area (Å²) in [5, 5.41) is 0. The van der Waals surface area contributed by atoms with Gasteiger partial charge in [-0.15, -0.1) is 0 Å². The molecule has 4 rings (SSSR count). The van der Waals surface area contributed by atoms with Crippen molar-refractivity contribution in [1.29, 1.82) is 0 Å². The average molecular weight is 299 g/mol. The minimum atomic E-state index is 0.786. The van der Waals surface area contributed by atoms with Crippen molar-refractivity contribution < 1.29 is 0 Å². The minimum Gasteiger partial charge on any atom is -0.348 e. The normalized spacial score (nSPS) is 11.0. The molecule has 0 atom stereocenters. The Balaban J connectivity index is 1.67. The first-order chi connectivity index (χ1) is 11.3. The molecule has 0 fully saturated rings. The maximum absolute atomic E-state index is 4.67. The summed E-state index contributed by atoms with van der Waals surface area (Å²) in [5.74, 6) is 0.786. The highest BCUT2D eigenvalue weighted by atomic mass is 15.0. The van der Waals surface area contributed by atoms with Gasteiger partial charge in [0.05, 0.1) is 5.69 Å². The van der Waals surface area contributed by atoms with E-state index in [4.69, 9.17) is 0 Å². The molecule has 112 valence electrons. The molecule has 0 unspecified atom stereocenters. The van der Waals surface area contributed by atoms with Crippen LogP contribution in [0.25, 0.3) is 22.8 Å². The van der Waals surface area contributed by atoms with Crippen LogP contribution in [0.2, 0.25) is 0 Å². The number of hydrogen-bond acceptors (Lipinski definition) is 2. The van der Waals surface area contributed by atoms with Crippen LogP contribution in [0.4, 0.5) is 0 Å². The van der Waals surface area contributed by atoms with Gasteiger partial charge in [-0.3, -0.25) is 0 Å². The Labute approximate surface area is 135 Å². The minimum absolute atomic E-state index is 0.786. The molecule has 0 aromatic heterocycles. The van der Waals surface area contributed by atoms with Crippen LogP contribution in [0.3, 0.4) is 0 Å². The summed E-state index contributed by atoms with van der Waals surface area (Å²) in [6.45, 7) is 2.96. The average Bonchev–Trinajstić information content (AvgIpc) is 2.99. The highest BCUT2D eigenvalue weighted by Crippen LogP contribution is 2.24. The summed E-state index contributed by atoms with van der Waals surface area (Å²) < 4.78 is 2.15. The molecule has 23 heavy (non-hydrogen) atoms. The van der Waals surface area contributed by atoms with Crippen molar-refractivity contribution in [3.05, 3.63) is 84.2 Å². The molecule has 0 saturated heterocycles. The second-order valence-electron chi connectivity index (χ2n) is 5.79. The molecule has 0 amide bonds. The van der Waals surface area contributed by atoms with Gasteiger partial charge in [0.25, 0.3) is 0 Å². The van der Waals surface area contributed by atoms with Crippen molar-refractivity contribution in [2.24, 2.45) is 0 Å². The molecule has 2 heterocycles. The van der Waals surface area contributed by atoms with E-state index in [-0.39, 0.29) is 0 Å². The first-order valence-corrected chi connectivity index (χ1v) is 7.72. The van der Waals surface area contributed by atoms with Crippen LogP contribution in [0, 0.1) is 6.92 Å². The summed E-state index contributed by atoms with van der Waals surface area (Å²) in [5.41, 5.74) is 5.48. The molecule has 2 aromatic carbocycles. The fourth-order valence-electron chi connectivity index (χ4n) is 2.79. The van der Waals surface area contributed by atoms with E-state index < -0.39 is 0 Å². The number of imidazole rings is 1. The summed E-state index contributed by atoms with van der Waals surface area (Å²) in [6.07, 6.45) is 4.13. The predicted octanol–water partition coefficient (Wildman–Crippen LogP) is 4.41. The van der Waals surface area contributed by atoms with Gasteiger partial charge >= 0.3 is 0 Å². The maximum atomic E-state index is 4.67. The lowest BCUT2D eigenvalue weighted by molar-refractivity contribution is 0.789. The van der Waals surface area contributed by atoms with Crippen LogP contribution < -0.4 is 0 Å². The Bertz CT molecular complexity index is 909. The third kappa shape index (κ3) is 2.86. The van der Waals surface area contributed by atoms with Crippen LogP contribution in [0.15, 0.2) is 73.1 Å². The number of benzene rings is 2. The Morgan fingerprint density at radius 2 is 1.70 bits per heavy atom. The van der Waals surface area contributed by atoms with E-state index in [1.165, 1.54) is 11.1 Å². The van der Waals surface area contributed by atoms with Crippen molar-refractivity contribution in [2.45, 2.75) is 13.5 Å². The molecule has 0 spiro atoms. The van der Waals surface area contributed by atoms with Gasteiger partial charge < -0.3 is 4.57 Å². The van der Waals surface area contributed by atoms with Gasteiger partial charge in [0.2, 0.25) is 0 Å². The van der Waals surface area contributed by atoms with Gasteiger partial charge in [-0.05, 0) is 18.6 Å². The van der Waals surface area contributed by atoms with E-state index >= 15 is 0 Å². The van der Waals surface area contributed by atoms with E-state index in [0.29, 0.717) is 0 Å². The lowest BCUT2D eigenvalue weighted by atomic mass is 10.1. The van der Waals surface area contributed by atoms with E-state index in [0.717, 1.165) is 29.3 Å². The molecule has 2 aliphatic heterocycles. The number of nitrogens with zero attached hydrogens (tertiary/aromatic N) is 3. The number of hydrogen-bond donors (Lipinski definition) is 0. The zero-order valence-corrected chi connectivity index (χ0v) is 13.0. The van der Waals surface area contributed by atoms with Gasteiger partial charge in [-0.2, -0.15) is 0 Å². The first kappa shape index (κ1) is 13.7. The maximum Gasteiger partial charge on any atom is 0.160 e. The number of rotatable bonds is 3.